The summed E-state index contributed by atoms with van der Waals surface area (Å²) in [5, 5.41) is 14.0. The maximum atomic E-state index is 11.4. The second-order valence-corrected chi connectivity index (χ2v) is 5.68. The van der Waals surface area contributed by atoms with Crippen LogP contribution in [0.15, 0.2) is 24.3 Å². The molecule has 0 unspecified atom stereocenters. The fourth-order valence-corrected chi connectivity index (χ4v) is 2.04. The van der Waals surface area contributed by atoms with Crippen LogP contribution < -0.4 is 21.3 Å². The first-order chi connectivity index (χ1) is 11.0. The van der Waals surface area contributed by atoms with E-state index >= 15 is 0 Å². The first-order valence-corrected chi connectivity index (χ1v) is 7.38. The Hall–Kier alpha value is -2.90. The normalized spacial score (nSPS) is 13.5. The Balaban J connectivity index is 1.80. The van der Waals surface area contributed by atoms with Gasteiger partial charge in [-0.1, -0.05) is 0 Å². The van der Waals surface area contributed by atoms with Gasteiger partial charge in [-0.25, -0.2) is 0 Å². The smallest absolute Gasteiger partial charge is 0.273 e. The summed E-state index contributed by atoms with van der Waals surface area (Å²) in [7, 11) is 3.96. The van der Waals surface area contributed by atoms with E-state index in [4.69, 9.17) is 5.73 Å². The number of hydrogen-bond acceptors (Lipinski definition) is 7. The highest BCUT2D eigenvalue weighted by Crippen LogP contribution is 2.25. The highest BCUT2D eigenvalue weighted by molar-refractivity contribution is 5.95. The highest BCUT2D eigenvalue weighted by atomic mass is 16.1. The van der Waals surface area contributed by atoms with E-state index in [1.54, 1.807) is 0 Å². The van der Waals surface area contributed by atoms with E-state index in [1.165, 1.54) is 0 Å². The lowest BCUT2D eigenvalue weighted by Crippen LogP contribution is -2.20. The number of primary amides is 1. The molecule has 0 radical (unpaired) electrons. The molecule has 1 aromatic heterocycles. The molecule has 4 N–H and O–H groups in total. The minimum absolute atomic E-state index is 0.0606. The van der Waals surface area contributed by atoms with Gasteiger partial charge in [-0.15, -0.1) is 10.2 Å². The topological polar surface area (TPSA) is 109 Å². The van der Waals surface area contributed by atoms with Crippen LogP contribution in [-0.4, -0.2) is 41.2 Å². The molecule has 1 saturated carbocycles. The van der Waals surface area contributed by atoms with E-state index in [0.717, 1.165) is 24.2 Å². The van der Waals surface area contributed by atoms with Crippen molar-refractivity contribution in [2.75, 3.05) is 29.6 Å². The summed E-state index contributed by atoms with van der Waals surface area (Å²) in [4.78, 5) is 17.7. The number of rotatable bonds is 6. The van der Waals surface area contributed by atoms with Gasteiger partial charge in [-0.05, 0) is 37.1 Å². The molecule has 0 aliphatic heterocycles. The van der Waals surface area contributed by atoms with E-state index < -0.39 is 5.91 Å². The Morgan fingerprint density at radius 1 is 1.22 bits per heavy atom. The Morgan fingerprint density at radius 2 is 1.91 bits per heavy atom. The Morgan fingerprint density at radius 3 is 2.48 bits per heavy atom. The third kappa shape index (κ3) is 3.65. The quantitative estimate of drug-likeness (QED) is 0.738. The number of nitrogens with zero attached hydrogens (tertiary/aromatic N) is 4. The molecule has 1 amide bonds. The van der Waals surface area contributed by atoms with E-state index in [9.17, 15) is 4.79 Å². The first kappa shape index (κ1) is 15.0. The van der Waals surface area contributed by atoms with Crippen molar-refractivity contribution >= 4 is 29.0 Å². The van der Waals surface area contributed by atoms with Gasteiger partial charge in [-0.3, -0.25) is 4.79 Å². The maximum Gasteiger partial charge on any atom is 0.273 e. The van der Waals surface area contributed by atoms with Crippen molar-refractivity contribution in [1.29, 1.82) is 0 Å². The number of amides is 1. The van der Waals surface area contributed by atoms with Crippen LogP contribution in [0.2, 0.25) is 0 Å². The average Bonchev–Trinajstić information content (AvgIpc) is 3.32. The van der Waals surface area contributed by atoms with Crippen molar-refractivity contribution in [1.82, 2.24) is 15.2 Å². The molecule has 1 aliphatic carbocycles. The molecule has 23 heavy (non-hydrogen) atoms. The van der Waals surface area contributed by atoms with Crippen molar-refractivity contribution < 1.29 is 4.79 Å². The summed E-state index contributed by atoms with van der Waals surface area (Å²) >= 11 is 0. The van der Waals surface area contributed by atoms with Gasteiger partial charge in [0.1, 0.15) is 0 Å². The molecule has 1 aromatic carbocycles. The molecule has 1 heterocycles. The Bertz CT molecular complexity index is 710. The predicted octanol–water partition coefficient (Wildman–Crippen LogP) is 1.35. The minimum Gasteiger partial charge on any atom is -0.378 e. The first-order valence-electron chi connectivity index (χ1n) is 7.38. The van der Waals surface area contributed by atoms with Gasteiger partial charge >= 0.3 is 0 Å². The van der Waals surface area contributed by atoms with E-state index in [2.05, 4.69) is 25.8 Å². The van der Waals surface area contributed by atoms with E-state index in [0.29, 0.717) is 17.8 Å². The maximum absolute atomic E-state index is 11.4. The molecule has 0 bridgehead atoms. The monoisotopic (exact) mass is 313 g/mol. The molecule has 8 nitrogen and oxygen atoms in total. The zero-order valence-electron chi connectivity index (χ0n) is 13.1. The average molecular weight is 313 g/mol. The summed E-state index contributed by atoms with van der Waals surface area (Å²) in [6.07, 6.45) is 2.11. The van der Waals surface area contributed by atoms with Gasteiger partial charge in [0.15, 0.2) is 11.5 Å². The lowest BCUT2D eigenvalue weighted by molar-refractivity contribution is 0.0995. The molecular weight excluding hydrogens is 294 g/mol. The van der Waals surface area contributed by atoms with Gasteiger partial charge < -0.3 is 21.3 Å². The second kappa shape index (κ2) is 6.07. The zero-order valence-corrected chi connectivity index (χ0v) is 13.1. The van der Waals surface area contributed by atoms with Gasteiger partial charge in [0.05, 0.1) is 0 Å². The number of nitrogens with two attached hydrogens (primary N) is 1. The fraction of sp³-hybridized carbons (Fsp3) is 0.333. The van der Waals surface area contributed by atoms with Gasteiger partial charge in [0.2, 0.25) is 5.95 Å². The lowest BCUT2D eigenvalue weighted by Gasteiger charge is -2.13. The minimum atomic E-state index is -0.643. The standard InChI is InChI=1S/C15H19N7O/c1-22(2)11-7-5-10(6-8-11)18-15-19-14(17-9-3-4-9)12(13(16)23)20-21-15/h5-9H,3-4H2,1-2H3,(H2,16,23)(H2,17,18,19,21). The fourth-order valence-electron chi connectivity index (χ4n) is 2.04. The van der Waals surface area contributed by atoms with Crippen LogP contribution in [0.1, 0.15) is 23.3 Å². The third-order valence-electron chi connectivity index (χ3n) is 3.48. The number of carbonyl (C=O) groups excluding carboxylic acids is 1. The molecule has 1 aliphatic rings. The van der Waals surface area contributed by atoms with Crippen LogP contribution in [0, 0.1) is 0 Å². The van der Waals surface area contributed by atoms with E-state index in [-0.39, 0.29) is 5.69 Å². The Kier molecular flexibility index (Phi) is 3.96. The van der Waals surface area contributed by atoms with E-state index in [1.807, 2.05) is 43.3 Å². The van der Waals surface area contributed by atoms with Crippen molar-refractivity contribution in [3.63, 3.8) is 0 Å². The molecule has 2 aromatic rings. The van der Waals surface area contributed by atoms with Crippen molar-refractivity contribution in [3.8, 4) is 0 Å². The van der Waals surface area contributed by atoms with Crippen LogP contribution in [-0.2, 0) is 0 Å². The number of nitrogens with one attached hydrogen (secondary N) is 2. The molecule has 3 rings (SSSR count). The Labute approximate surface area is 134 Å². The van der Waals surface area contributed by atoms with Crippen molar-refractivity contribution in [3.05, 3.63) is 30.0 Å². The number of hydrogen-bond donors (Lipinski definition) is 3. The summed E-state index contributed by atoms with van der Waals surface area (Å²) in [5.41, 5.74) is 7.30. The summed E-state index contributed by atoms with van der Waals surface area (Å²) < 4.78 is 0. The van der Waals surface area contributed by atoms with Crippen LogP contribution in [0.5, 0.6) is 0 Å². The van der Waals surface area contributed by atoms with Crippen LogP contribution in [0.4, 0.5) is 23.1 Å². The number of aromatic nitrogens is 3. The molecule has 0 saturated heterocycles. The second-order valence-electron chi connectivity index (χ2n) is 5.68. The molecule has 1 fully saturated rings. The SMILES string of the molecule is CN(C)c1ccc(Nc2nnc(C(N)=O)c(NC3CC3)n2)cc1. The van der Waals surface area contributed by atoms with Crippen LogP contribution >= 0.6 is 0 Å². The third-order valence-corrected chi connectivity index (χ3v) is 3.48. The van der Waals surface area contributed by atoms with Crippen LogP contribution in [0.3, 0.4) is 0 Å². The molecule has 120 valence electrons. The zero-order chi connectivity index (χ0) is 16.4. The van der Waals surface area contributed by atoms with Crippen LogP contribution in [0.25, 0.3) is 0 Å². The summed E-state index contributed by atoms with van der Waals surface area (Å²) in [6, 6.07) is 8.15. The molecule has 0 atom stereocenters. The highest BCUT2D eigenvalue weighted by Gasteiger charge is 2.25. The number of anilines is 4. The van der Waals surface area contributed by atoms with Gasteiger partial charge in [0, 0.05) is 31.5 Å². The summed E-state index contributed by atoms with van der Waals surface area (Å²) in [5.74, 6) is 0.0493. The number of benzene rings is 1. The molecule has 8 heteroatoms. The number of carbonyl (C=O) groups is 1. The summed E-state index contributed by atoms with van der Waals surface area (Å²) in [6.45, 7) is 0. The largest absolute Gasteiger partial charge is 0.378 e. The lowest BCUT2D eigenvalue weighted by atomic mass is 10.2. The predicted molar refractivity (Wildman–Crippen MR) is 89.0 cm³/mol. The van der Waals surface area contributed by atoms with Gasteiger partial charge in [-0.2, -0.15) is 4.98 Å². The molecular formula is C15H19N7O. The van der Waals surface area contributed by atoms with Gasteiger partial charge in [0.25, 0.3) is 5.91 Å². The van der Waals surface area contributed by atoms with Crippen molar-refractivity contribution in [2.24, 2.45) is 5.73 Å². The molecule has 0 spiro atoms. The van der Waals surface area contributed by atoms with Crippen molar-refractivity contribution in [2.45, 2.75) is 18.9 Å².